The Morgan fingerprint density at radius 3 is 2.71 bits per heavy atom. The predicted octanol–water partition coefficient (Wildman–Crippen LogP) is 0.812. The van der Waals surface area contributed by atoms with Crippen LogP contribution in [0.1, 0.15) is 26.7 Å². The van der Waals surface area contributed by atoms with E-state index < -0.39 is 49.3 Å². The molecule has 0 aliphatic carbocycles. The number of hydrogen-bond donors (Lipinski definition) is 4. The number of rotatable bonds is 12. The predicted molar refractivity (Wildman–Crippen MR) is 124 cm³/mol. The van der Waals surface area contributed by atoms with Gasteiger partial charge in [-0.3, -0.25) is 24.8 Å². The van der Waals surface area contributed by atoms with E-state index in [2.05, 4.69) is 15.6 Å². The number of nitrogens with two attached hydrogens (primary N) is 1. The number of aliphatic imine (C=N–C) groups is 1. The molecule has 1 aliphatic heterocycles. The number of carbonyl (C=O) groups is 3. The van der Waals surface area contributed by atoms with Crippen molar-refractivity contribution in [2.75, 3.05) is 26.8 Å². The number of nitrogens with one attached hydrogen (secondary N) is 2. The van der Waals surface area contributed by atoms with E-state index >= 15 is 0 Å². The maximum Gasteiger partial charge on any atom is 0.412 e. The molecular formula is C22H33F2N5O6. The zero-order valence-electron chi connectivity index (χ0n) is 19.9. The highest BCUT2D eigenvalue weighted by Crippen LogP contribution is 2.37. The van der Waals surface area contributed by atoms with Gasteiger partial charge in [-0.1, -0.05) is 23.8 Å². The summed E-state index contributed by atoms with van der Waals surface area (Å²) in [6, 6.07) is -0.751. The molecule has 196 valence electrons. The van der Waals surface area contributed by atoms with Crippen LogP contribution in [0.3, 0.4) is 0 Å². The van der Waals surface area contributed by atoms with Crippen LogP contribution in [0.2, 0.25) is 0 Å². The fourth-order valence-electron chi connectivity index (χ4n) is 2.99. The summed E-state index contributed by atoms with van der Waals surface area (Å²) < 4.78 is 38.1. The lowest BCUT2D eigenvalue weighted by Gasteiger charge is -2.25. The van der Waals surface area contributed by atoms with Crippen molar-refractivity contribution < 1.29 is 37.7 Å². The smallest absolute Gasteiger partial charge is 0.412 e. The van der Waals surface area contributed by atoms with Crippen molar-refractivity contribution in [2.24, 2.45) is 10.7 Å². The van der Waals surface area contributed by atoms with Crippen molar-refractivity contribution in [2.45, 2.75) is 51.0 Å². The molecule has 0 aromatic carbocycles. The van der Waals surface area contributed by atoms with E-state index in [1.54, 1.807) is 0 Å². The van der Waals surface area contributed by atoms with Gasteiger partial charge in [-0.2, -0.15) is 0 Å². The molecule has 1 rings (SSSR count). The van der Waals surface area contributed by atoms with E-state index in [1.165, 1.54) is 7.05 Å². The lowest BCUT2D eigenvalue weighted by atomic mass is 10.1. The van der Waals surface area contributed by atoms with Gasteiger partial charge in [0.1, 0.15) is 12.4 Å². The third-order valence-corrected chi connectivity index (χ3v) is 4.74. The topological polar surface area (TPSA) is 156 Å². The highest BCUT2D eigenvalue weighted by Gasteiger charge is 2.52. The van der Waals surface area contributed by atoms with Crippen LogP contribution in [-0.2, 0) is 19.1 Å². The molecule has 0 aromatic rings. The van der Waals surface area contributed by atoms with Crippen LogP contribution in [0.4, 0.5) is 13.6 Å². The SMILES string of the molecule is C/C=C\C=C(/C)C[C@H](N)C(=O)NCCOC(=O)NC(/C=C\N(C=O)C1OC(CO)CC1(F)F)=NC. The number of nitrogens with zero attached hydrogens (tertiary/aromatic N) is 2. The Morgan fingerprint density at radius 1 is 1.43 bits per heavy atom. The molecule has 0 bridgehead atoms. The summed E-state index contributed by atoms with van der Waals surface area (Å²) in [4.78, 5) is 39.6. The summed E-state index contributed by atoms with van der Waals surface area (Å²) in [6.07, 6.45) is 3.46. The molecule has 0 radical (unpaired) electrons. The Labute approximate surface area is 202 Å². The molecule has 1 aliphatic rings. The van der Waals surface area contributed by atoms with Gasteiger partial charge in [-0.25, -0.2) is 13.6 Å². The molecule has 1 saturated heterocycles. The molecule has 1 fully saturated rings. The van der Waals surface area contributed by atoms with Crippen LogP contribution in [0.15, 0.2) is 41.1 Å². The van der Waals surface area contributed by atoms with Gasteiger partial charge in [0.25, 0.3) is 5.92 Å². The van der Waals surface area contributed by atoms with Crippen LogP contribution in [0.25, 0.3) is 0 Å². The van der Waals surface area contributed by atoms with Gasteiger partial charge in [-0.15, -0.1) is 0 Å². The first-order chi connectivity index (χ1) is 16.6. The van der Waals surface area contributed by atoms with Crippen LogP contribution in [0, 0.1) is 0 Å². The molecule has 11 nitrogen and oxygen atoms in total. The normalized spacial score (nSPS) is 21.2. The molecule has 0 saturated carbocycles. The highest BCUT2D eigenvalue weighted by molar-refractivity contribution is 6.02. The van der Waals surface area contributed by atoms with Gasteiger partial charge in [0.05, 0.1) is 25.3 Å². The number of hydrogen-bond acceptors (Lipinski definition) is 8. The van der Waals surface area contributed by atoms with Gasteiger partial charge in [0.2, 0.25) is 18.5 Å². The second-order valence-electron chi connectivity index (χ2n) is 7.64. The number of amides is 3. The first kappa shape index (κ1) is 29.9. The van der Waals surface area contributed by atoms with E-state index in [1.807, 2.05) is 32.1 Å². The first-order valence-electron chi connectivity index (χ1n) is 10.8. The van der Waals surface area contributed by atoms with Crippen molar-refractivity contribution in [1.82, 2.24) is 15.5 Å². The summed E-state index contributed by atoms with van der Waals surface area (Å²) >= 11 is 0. The molecular weight excluding hydrogens is 468 g/mol. The molecule has 5 N–H and O–H groups in total. The highest BCUT2D eigenvalue weighted by atomic mass is 19.3. The minimum absolute atomic E-state index is 0.0189. The van der Waals surface area contributed by atoms with Crippen LogP contribution >= 0.6 is 0 Å². The third-order valence-electron chi connectivity index (χ3n) is 4.74. The van der Waals surface area contributed by atoms with E-state index in [4.69, 9.17) is 20.3 Å². The molecule has 13 heteroatoms. The standard InChI is InChI=1S/C22H33F2N5O6/c1-4-5-6-15(2)11-17(25)19(32)27-8-10-34-21(33)28-18(26-3)7-9-29(14-31)20-22(23,24)12-16(13-30)35-20/h4-7,9,14,16-17,20,30H,8,10-13,25H2,1-3H3,(H,27,32)(H,26,28,33)/b5-4-,9-7-,15-6+/t16?,17-,20?/m0/s1. The summed E-state index contributed by atoms with van der Waals surface area (Å²) in [5.74, 6) is -3.86. The van der Waals surface area contributed by atoms with Crippen molar-refractivity contribution >= 4 is 24.2 Å². The van der Waals surface area contributed by atoms with Crippen molar-refractivity contribution in [3.05, 3.63) is 36.1 Å². The first-order valence-corrected chi connectivity index (χ1v) is 10.8. The number of aliphatic hydroxyl groups is 1. The van der Waals surface area contributed by atoms with E-state index in [0.717, 1.165) is 17.8 Å². The minimum Gasteiger partial charge on any atom is -0.447 e. The zero-order valence-corrected chi connectivity index (χ0v) is 19.9. The molecule has 3 amide bonds. The number of alkyl carbamates (subject to hydrolysis) is 1. The number of aliphatic hydroxyl groups excluding tert-OH is 1. The monoisotopic (exact) mass is 501 g/mol. The third kappa shape index (κ3) is 10.3. The average molecular weight is 502 g/mol. The second-order valence-corrected chi connectivity index (χ2v) is 7.64. The summed E-state index contributed by atoms with van der Waals surface area (Å²) in [5.41, 5.74) is 6.78. The molecule has 0 aromatic heterocycles. The van der Waals surface area contributed by atoms with E-state index in [0.29, 0.717) is 11.3 Å². The number of ether oxygens (including phenoxy) is 2. The zero-order chi connectivity index (χ0) is 26.4. The van der Waals surface area contributed by atoms with Gasteiger partial charge >= 0.3 is 6.09 Å². The number of halogens is 2. The lowest BCUT2D eigenvalue weighted by molar-refractivity contribution is -0.154. The molecule has 2 unspecified atom stereocenters. The largest absolute Gasteiger partial charge is 0.447 e. The molecule has 3 atom stereocenters. The maximum atomic E-state index is 14.1. The molecule has 35 heavy (non-hydrogen) atoms. The Balaban J connectivity index is 2.48. The van der Waals surface area contributed by atoms with Crippen molar-refractivity contribution in [3.63, 3.8) is 0 Å². The maximum absolute atomic E-state index is 14.1. The van der Waals surface area contributed by atoms with Gasteiger partial charge in [-0.05, 0) is 26.3 Å². The fraction of sp³-hybridized carbons (Fsp3) is 0.545. The van der Waals surface area contributed by atoms with Gasteiger partial charge < -0.3 is 25.6 Å². The molecule has 0 spiro atoms. The Morgan fingerprint density at radius 2 is 2.14 bits per heavy atom. The van der Waals surface area contributed by atoms with Gasteiger partial charge in [0.15, 0.2) is 0 Å². The van der Waals surface area contributed by atoms with E-state index in [-0.39, 0.29) is 25.4 Å². The molecule has 1 heterocycles. The summed E-state index contributed by atoms with van der Waals surface area (Å²) in [6.45, 7) is 2.97. The average Bonchev–Trinajstić information content (AvgIpc) is 3.14. The van der Waals surface area contributed by atoms with Crippen LogP contribution < -0.4 is 16.4 Å². The lowest BCUT2D eigenvalue weighted by Crippen LogP contribution is -2.42. The number of allylic oxidation sites excluding steroid dienone is 3. The minimum atomic E-state index is -3.37. The second kappa shape index (κ2) is 15.0. The van der Waals surface area contributed by atoms with E-state index in [9.17, 15) is 23.2 Å². The quantitative estimate of drug-likeness (QED) is 0.101. The van der Waals surface area contributed by atoms with Crippen molar-refractivity contribution in [1.29, 1.82) is 0 Å². The Hall–Kier alpha value is -3.16. The Bertz CT molecular complexity index is 846. The Kier molecular flexibility index (Phi) is 12.8. The summed E-state index contributed by atoms with van der Waals surface area (Å²) in [5, 5.41) is 13.9. The number of alkyl halides is 2. The number of carbonyl (C=O) groups excluding carboxylic acids is 3. The van der Waals surface area contributed by atoms with Crippen LogP contribution in [0.5, 0.6) is 0 Å². The van der Waals surface area contributed by atoms with Gasteiger partial charge in [0, 0.05) is 19.7 Å². The summed E-state index contributed by atoms with van der Waals surface area (Å²) in [7, 11) is 1.32. The van der Waals surface area contributed by atoms with Crippen LogP contribution in [-0.4, -0.2) is 85.4 Å². The fourth-order valence-corrected chi connectivity index (χ4v) is 2.99. The van der Waals surface area contributed by atoms with Crippen molar-refractivity contribution in [3.8, 4) is 0 Å². The number of amidine groups is 1.